The summed E-state index contributed by atoms with van der Waals surface area (Å²) >= 11 is 7.07. The summed E-state index contributed by atoms with van der Waals surface area (Å²) in [7, 11) is 0. The normalized spacial score (nSPS) is 11.1. The van der Waals surface area contributed by atoms with Crippen LogP contribution < -0.4 is 10.9 Å². The number of carbonyl (C=O) groups is 1. The predicted octanol–water partition coefficient (Wildman–Crippen LogP) is 2.78. The maximum atomic E-state index is 12.2. The molecule has 0 spiro atoms. The highest BCUT2D eigenvalue weighted by Gasteiger charge is 2.14. The number of fused-ring (bicyclic) bond motifs is 1. The van der Waals surface area contributed by atoms with Crippen molar-refractivity contribution >= 4 is 34.9 Å². The number of rotatable bonds is 7. The van der Waals surface area contributed by atoms with Crippen LogP contribution in [0.15, 0.2) is 63.1 Å². The van der Waals surface area contributed by atoms with E-state index in [9.17, 15) is 9.59 Å². The molecule has 1 amide bonds. The van der Waals surface area contributed by atoms with E-state index in [1.165, 1.54) is 28.6 Å². The van der Waals surface area contributed by atoms with Gasteiger partial charge in [0.2, 0.25) is 5.91 Å². The number of aromatic amines is 1. The predicted molar refractivity (Wildman–Crippen MR) is 110 cm³/mol. The second kappa shape index (κ2) is 8.54. The quantitative estimate of drug-likeness (QED) is 0.437. The number of thioether (sulfide) groups is 1. The van der Waals surface area contributed by atoms with Crippen LogP contribution in [0, 0.1) is 0 Å². The topological polar surface area (TPSA) is 105 Å². The Morgan fingerprint density at radius 2 is 2.07 bits per heavy atom. The molecule has 0 atom stereocenters. The zero-order chi connectivity index (χ0) is 20.2. The Labute approximate surface area is 174 Å². The van der Waals surface area contributed by atoms with Gasteiger partial charge in [0.25, 0.3) is 5.56 Å². The van der Waals surface area contributed by atoms with E-state index in [0.29, 0.717) is 40.4 Å². The smallest absolute Gasteiger partial charge is 0.266 e. The van der Waals surface area contributed by atoms with Gasteiger partial charge < -0.3 is 9.73 Å². The van der Waals surface area contributed by atoms with Gasteiger partial charge in [0, 0.05) is 17.6 Å². The van der Waals surface area contributed by atoms with Gasteiger partial charge in [-0.2, -0.15) is 4.98 Å². The maximum Gasteiger partial charge on any atom is 0.266 e. The van der Waals surface area contributed by atoms with Gasteiger partial charge in [-0.25, -0.2) is 9.50 Å². The molecule has 1 aromatic carbocycles. The first-order chi connectivity index (χ1) is 14.1. The molecule has 0 bridgehead atoms. The minimum atomic E-state index is -0.301. The van der Waals surface area contributed by atoms with Crippen LogP contribution in [0.2, 0.25) is 5.02 Å². The highest BCUT2D eigenvalue weighted by Crippen LogP contribution is 2.21. The van der Waals surface area contributed by atoms with Gasteiger partial charge in [0.05, 0.1) is 12.0 Å². The average Bonchev–Trinajstić information content (AvgIpc) is 3.36. The number of amides is 1. The summed E-state index contributed by atoms with van der Waals surface area (Å²) in [5, 5.41) is 6.63. The lowest BCUT2D eigenvalue weighted by molar-refractivity contribution is -0.118. The summed E-state index contributed by atoms with van der Waals surface area (Å²) in [4.78, 5) is 32.7. The summed E-state index contributed by atoms with van der Waals surface area (Å²) in [5.41, 5.74) is 1.19. The lowest BCUT2D eigenvalue weighted by Crippen LogP contribution is -2.27. The molecular formula is C19H16ClN5O3S. The Morgan fingerprint density at radius 3 is 2.83 bits per heavy atom. The number of carbonyl (C=O) groups excluding carboxylic acids is 1. The van der Waals surface area contributed by atoms with Gasteiger partial charge in [0.15, 0.2) is 22.4 Å². The molecule has 4 aromatic rings. The average molecular weight is 430 g/mol. The van der Waals surface area contributed by atoms with E-state index < -0.39 is 0 Å². The highest BCUT2D eigenvalue weighted by molar-refractivity contribution is 7.99. The number of hydrogen-bond acceptors (Lipinski definition) is 6. The first kappa shape index (κ1) is 19.3. The minimum Gasteiger partial charge on any atom is -0.461 e. The summed E-state index contributed by atoms with van der Waals surface area (Å²) in [6.45, 7) is 0.512. The fourth-order valence-electron chi connectivity index (χ4n) is 2.68. The van der Waals surface area contributed by atoms with E-state index >= 15 is 0 Å². The summed E-state index contributed by atoms with van der Waals surface area (Å²) in [6.07, 6.45) is 2.23. The fourth-order valence-corrected chi connectivity index (χ4v) is 3.58. The molecule has 0 aliphatic rings. The Bertz CT molecular complexity index is 1190. The second-order valence-corrected chi connectivity index (χ2v) is 7.52. The second-order valence-electron chi connectivity index (χ2n) is 6.14. The molecule has 2 N–H and O–H groups in total. The van der Waals surface area contributed by atoms with Crippen LogP contribution in [-0.4, -0.2) is 37.8 Å². The van der Waals surface area contributed by atoms with Crippen LogP contribution in [0.25, 0.3) is 17.2 Å². The third-order valence-corrected chi connectivity index (χ3v) is 5.24. The van der Waals surface area contributed by atoms with Crippen LogP contribution in [0.4, 0.5) is 0 Å². The summed E-state index contributed by atoms with van der Waals surface area (Å²) in [5.74, 6) is 0.838. The van der Waals surface area contributed by atoms with E-state index in [-0.39, 0.29) is 17.2 Å². The van der Waals surface area contributed by atoms with Gasteiger partial charge >= 0.3 is 0 Å². The Morgan fingerprint density at radius 1 is 1.24 bits per heavy atom. The van der Waals surface area contributed by atoms with Crippen LogP contribution in [0.3, 0.4) is 0 Å². The van der Waals surface area contributed by atoms with Crippen molar-refractivity contribution in [2.24, 2.45) is 0 Å². The molecular weight excluding hydrogens is 414 g/mol. The van der Waals surface area contributed by atoms with Crippen molar-refractivity contribution in [1.29, 1.82) is 0 Å². The van der Waals surface area contributed by atoms with Crippen LogP contribution >= 0.6 is 23.4 Å². The molecule has 4 rings (SSSR count). The molecule has 0 radical (unpaired) electrons. The molecule has 0 aliphatic heterocycles. The largest absolute Gasteiger partial charge is 0.461 e. The molecule has 0 aliphatic carbocycles. The number of halogens is 1. The molecule has 10 heteroatoms. The molecule has 148 valence electrons. The van der Waals surface area contributed by atoms with E-state index in [1.807, 2.05) is 24.3 Å². The van der Waals surface area contributed by atoms with Crippen molar-refractivity contribution < 1.29 is 9.21 Å². The molecule has 3 aromatic heterocycles. The third kappa shape index (κ3) is 4.69. The molecule has 0 fully saturated rings. The third-order valence-electron chi connectivity index (χ3n) is 4.05. The minimum absolute atomic E-state index is 0.134. The Kier molecular flexibility index (Phi) is 5.68. The zero-order valence-corrected chi connectivity index (χ0v) is 16.7. The van der Waals surface area contributed by atoms with Gasteiger partial charge in [0.1, 0.15) is 0 Å². The van der Waals surface area contributed by atoms with Gasteiger partial charge in [-0.3, -0.25) is 14.7 Å². The van der Waals surface area contributed by atoms with Gasteiger partial charge in [-0.15, -0.1) is 0 Å². The molecule has 8 nitrogen and oxygen atoms in total. The summed E-state index contributed by atoms with van der Waals surface area (Å²) in [6, 6.07) is 12.3. The first-order valence-corrected chi connectivity index (χ1v) is 10.1. The van der Waals surface area contributed by atoms with Crippen molar-refractivity contribution in [3.05, 3.63) is 69.7 Å². The molecule has 0 saturated heterocycles. The molecule has 0 unspecified atom stereocenters. The number of benzene rings is 1. The van der Waals surface area contributed by atoms with E-state index in [2.05, 4.69) is 20.4 Å². The van der Waals surface area contributed by atoms with Gasteiger partial charge in [-0.05, 0) is 36.2 Å². The Balaban J connectivity index is 1.41. The number of aromatic nitrogens is 4. The number of nitrogens with one attached hydrogen (secondary N) is 2. The monoisotopic (exact) mass is 429 g/mol. The van der Waals surface area contributed by atoms with Crippen molar-refractivity contribution in [3.8, 4) is 11.6 Å². The maximum absolute atomic E-state index is 12.2. The standard InChI is InChI=1S/C19H16ClN5O3S/c20-13-5-3-12(4-6-13)7-8-21-17(27)11-29-19-23-18(14-2-1-9-28-14)22-15-10-16(26)24-25(15)19/h1-6,9-10H,7-8,11H2,(H,21,27)(H,24,26). The molecule has 3 heterocycles. The lowest BCUT2D eigenvalue weighted by Gasteiger charge is -2.07. The van der Waals surface area contributed by atoms with Crippen LogP contribution in [0.1, 0.15) is 5.56 Å². The lowest BCUT2D eigenvalue weighted by atomic mass is 10.1. The van der Waals surface area contributed by atoms with Crippen molar-refractivity contribution in [3.63, 3.8) is 0 Å². The zero-order valence-electron chi connectivity index (χ0n) is 15.1. The fraction of sp³-hybridized carbons (Fsp3) is 0.158. The SMILES string of the molecule is O=C(CSc1nc(-c2ccco2)nc2cc(=O)[nH]n12)NCCc1ccc(Cl)cc1. The molecule has 0 saturated carbocycles. The van der Waals surface area contributed by atoms with E-state index in [0.717, 1.165) is 5.56 Å². The number of hydrogen-bond donors (Lipinski definition) is 2. The number of H-pyrrole nitrogens is 1. The Hall–Kier alpha value is -3.04. The van der Waals surface area contributed by atoms with Crippen molar-refractivity contribution in [2.45, 2.75) is 11.6 Å². The van der Waals surface area contributed by atoms with Crippen LogP contribution in [0.5, 0.6) is 0 Å². The molecule has 29 heavy (non-hydrogen) atoms. The number of furan rings is 1. The van der Waals surface area contributed by atoms with Crippen LogP contribution in [-0.2, 0) is 11.2 Å². The van der Waals surface area contributed by atoms with E-state index in [1.54, 1.807) is 12.1 Å². The van der Waals surface area contributed by atoms with E-state index in [4.69, 9.17) is 16.0 Å². The van der Waals surface area contributed by atoms with Gasteiger partial charge in [-0.1, -0.05) is 35.5 Å². The summed E-state index contributed by atoms with van der Waals surface area (Å²) < 4.78 is 6.80. The van der Waals surface area contributed by atoms with Crippen molar-refractivity contribution in [1.82, 2.24) is 24.9 Å². The first-order valence-electron chi connectivity index (χ1n) is 8.76. The van der Waals surface area contributed by atoms with Crippen molar-refractivity contribution in [2.75, 3.05) is 12.3 Å². The highest BCUT2D eigenvalue weighted by atomic mass is 35.5. The number of nitrogens with zero attached hydrogens (tertiary/aromatic N) is 3.